The van der Waals surface area contributed by atoms with Crippen molar-refractivity contribution in [1.82, 2.24) is 20.1 Å². The first-order valence-corrected chi connectivity index (χ1v) is 10.8. The first-order chi connectivity index (χ1) is 15.2. The molecule has 4 rings (SSSR count). The summed E-state index contributed by atoms with van der Waals surface area (Å²) in [5.74, 6) is 2.28. The van der Waals surface area contributed by atoms with E-state index in [0.717, 1.165) is 17.0 Å². The SMILES string of the molecule is Cc1ccccc1OCc1nnc(SCC(=O)NCc2ccco2)n1-c1ccccc1. The molecule has 2 heterocycles. The largest absolute Gasteiger partial charge is 0.485 e. The van der Waals surface area contributed by atoms with E-state index in [1.54, 1.807) is 12.3 Å². The van der Waals surface area contributed by atoms with Crippen LogP contribution >= 0.6 is 11.8 Å². The van der Waals surface area contributed by atoms with Crippen molar-refractivity contribution in [3.8, 4) is 11.4 Å². The lowest BCUT2D eigenvalue weighted by molar-refractivity contribution is -0.118. The summed E-state index contributed by atoms with van der Waals surface area (Å²) in [6.07, 6.45) is 1.58. The van der Waals surface area contributed by atoms with E-state index in [-0.39, 0.29) is 18.3 Å². The highest BCUT2D eigenvalue weighted by Gasteiger charge is 2.17. The molecule has 31 heavy (non-hydrogen) atoms. The van der Waals surface area contributed by atoms with Crippen LogP contribution in [0.4, 0.5) is 0 Å². The number of nitrogens with zero attached hydrogens (tertiary/aromatic N) is 3. The lowest BCUT2D eigenvalue weighted by atomic mass is 10.2. The van der Waals surface area contributed by atoms with E-state index in [2.05, 4.69) is 15.5 Å². The topological polar surface area (TPSA) is 82.2 Å². The van der Waals surface area contributed by atoms with Crippen LogP contribution in [0.15, 0.2) is 82.6 Å². The molecule has 2 aromatic heterocycles. The maximum atomic E-state index is 12.3. The maximum absolute atomic E-state index is 12.3. The molecular formula is C23H22N4O3S. The van der Waals surface area contributed by atoms with Gasteiger partial charge in [-0.25, -0.2) is 0 Å². The van der Waals surface area contributed by atoms with Crippen molar-refractivity contribution >= 4 is 17.7 Å². The first kappa shape index (κ1) is 20.7. The summed E-state index contributed by atoms with van der Waals surface area (Å²) in [5.41, 5.74) is 1.96. The van der Waals surface area contributed by atoms with E-state index in [1.807, 2.05) is 72.2 Å². The monoisotopic (exact) mass is 434 g/mol. The fraction of sp³-hybridized carbons (Fsp3) is 0.174. The number of aromatic nitrogens is 3. The van der Waals surface area contributed by atoms with Crippen LogP contribution < -0.4 is 10.1 Å². The van der Waals surface area contributed by atoms with Crippen LogP contribution in [0.1, 0.15) is 17.1 Å². The van der Waals surface area contributed by atoms with E-state index < -0.39 is 0 Å². The number of ether oxygens (including phenoxy) is 1. The Hall–Kier alpha value is -3.52. The molecule has 0 atom stereocenters. The van der Waals surface area contributed by atoms with Crippen molar-refractivity contribution < 1.29 is 13.9 Å². The molecule has 158 valence electrons. The summed E-state index contributed by atoms with van der Waals surface area (Å²) in [4.78, 5) is 12.3. The molecule has 4 aromatic rings. The van der Waals surface area contributed by atoms with Gasteiger partial charge < -0.3 is 14.5 Å². The van der Waals surface area contributed by atoms with Crippen molar-refractivity contribution in [2.24, 2.45) is 0 Å². The van der Waals surface area contributed by atoms with Gasteiger partial charge in [0.25, 0.3) is 0 Å². The summed E-state index contributed by atoms with van der Waals surface area (Å²) in [6, 6.07) is 21.2. The normalized spacial score (nSPS) is 10.7. The Labute approximate surface area is 184 Å². The zero-order chi connectivity index (χ0) is 21.5. The first-order valence-electron chi connectivity index (χ1n) is 9.81. The number of rotatable bonds is 9. The van der Waals surface area contributed by atoms with E-state index >= 15 is 0 Å². The fourth-order valence-electron chi connectivity index (χ4n) is 2.96. The molecule has 0 aliphatic rings. The molecule has 0 spiro atoms. The van der Waals surface area contributed by atoms with Gasteiger partial charge in [-0.05, 0) is 42.8 Å². The number of carbonyl (C=O) groups excluding carboxylic acids is 1. The minimum atomic E-state index is -0.110. The number of furan rings is 1. The molecule has 8 heteroatoms. The lowest BCUT2D eigenvalue weighted by Crippen LogP contribution is -2.24. The van der Waals surface area contributed by atoms with E-state index in [4.69, 9.17) is 9.15 Å². The third kappa shape index (κ3) is 5.35. The molecule has 0 radical (unpaired) electrons. The summed E-state index contributed by atoms with van der Waals surface area (Å²) in [6.45, 7) is 2.62. The second-order valence-electron chi connectivity index (χ2n) is 6.77. The van der Waals surface area contributed by atoms with Crippen LogP contribution in [0.3, 0.4) is 0 Å². The molecule has 0 bridgehead atoms. The van der Waals surface area contributed by atoms with Crippen LogP contribution in [0, 0.1) is 6.92 Å². The second kappa shape index (κ2) is 9.99. The summed E-state index contributed by atoms with van der Waals surface area (Å²) >= 11 is 1.32. The van der Waals surface area contributed by atoms with Crippen molar-refractivity contribution in [2.75, 3.05) is 5.75 Å². The average molecular weight is 435 g/mol. The number of amides is 1. The predicted molar refractivity (Wildman–Crippen MR) is 118 cm³/mol. The Bertz CT molecular complexity index is 1130. The van der Waals surface area contributed by atoms with Crippen LogP contribution in [0.5, 0.6) is 5.75 Å². The van der Waals surface area contributed by atoms with Crippen molar-refractivity contribution in [1.29, 1.82) is 0 Å². The van der Waals surface area contributed by atoms with Crippen LogP contribution in [0.2, 0.25) is 0 Å². The molecule has 0 aliphatic carbocycles. The molecule has 0 saturated heterocycles. The molecule has 2 aromatic carbocycles. The summed E-state index contributed by atoms with van der Waals surface area (Å²) in [7, 11) is 0. The summed E-state index contributed by atoms with van der Waals surface area (Å²) < 4.78 is 13.1. The van der Waals surface area contributed by atoms with Gasteiger partial charge in [0, 0.05) is 5.69 Å². The average Bonchev–Trinajstić information content (AvgIpc) is 3.46. The number of carbonyl (C=O) groups is 1. The lowest BCUT2D eigenvalue weighted by Gasteiger charge is -2.12. The van der Waals surface area contributed by atoms with E-state index in [9.17, 15) is 4.79 Å². The van der Waals surface area contributed by atoms with Gasteiger partial charge in [0.05, 0.1) is 18.6 Å². The minimum absolute atomic E-state index is 0.110. The number of hydrogen-bond acceptors (Lipinski definition) is 6. The number of hydrogen-bond donors (Lipinski definition) is 1. The van der Waals surface area contributed by atoms with Crippen molar-refractivity contribution in [2.45, 2.75) is 25.2 Å². The minimum Gasteiger partial charge on any atom is -0.485 e. The van der Waals surface area contributed by atoms with Crippen molar-refractivity contribution in [3.63, 3.8) is 0 Å². The Morgan fingerprint density at radius 2 is 1.87 bits per heavy atom. The molecule has 7 nitrogen and oxygen atoms in total. The zero-order valence-electron chi connectivity index (χ0n) is 17.0. The third-order valence-electron chi connectivity index (χ3n) is 4.54. The van der Waals surface area contributed by atoms with Gasteiger partial charge in [-0.2, -0.15) is 0 Å². The van der Waals surface area contributed by atoms with Gasteiger partial charge in [-0.1, -0.05) is 48.2 Å². The molecule has 0 aliphatic heterocycles. The molecule has 0 unspecified atom stereocenters. The Kier molecular flexibility index (Phi) is 6.68. The smallest absolute Gasteiger partial charge is 0.230 e. The molecule has 0 saturated carbocycles. The maximum Gasteiger partial charge on any atom is 0.230 e. The Balaban J connectivity index is 1.47. The molecular weight excluding hydrogens is 412 g/mol. The highest BCUT2D eigenvalue weighted by molar-refractivity contribution is 7.99. The number of nitrogens with one attached hydrogen (secondary N) is 1. The van der Waals surface area contributed by atoms with E-state index in [1.165, 1.54) is 11.8 Å². The van der Waals surface area contributed by atoms with Crippen LogP contribution in [-0.2, 0) is 17.9 Å². The van der Waals surface area contributed by atoms with Crippen molar-refractivity contribution in [3.05, 3.63) is 90.1 Å². The quantitative estimate of drug-likeness (QED) is 0.399. The van der Waals surface area contributed by atoms with Gasteiger partial charge in [-0.3, -0.25) is 9.36 Å². The van der Waals surface area contributed by atoms with Crippen LogP contribution in [-0.4, -0.2) is 26.4 Å². The fourth-order valence-corrected chi connectivity index (χ4v) is 3.77. The number of aryl methyl sites for hydroxylation is 1. The highest BCUT2D eigenvalue weighted by atomic mass is 32.2. The highest BCUT2D eigenvalue weighted by Crippen LogP contribution is 2.24. The number of thioether (sulfide) groups is 1. The molecule has 1 amide bonds. The van der Waals surface area contributed by atoms with E-state index in [0.29, 0.717) is 23.3 Å². The van der Waals surface area contributed by atoms with Gasteiger partial charge in [-0.15, -0.1) is 10.2 Å². The predicted octanol–water partition coefficient (Wildman–Crippen LogP) is 4.16. The zero-order valence-corrected chi connectivity index (χ0v) is 17.8. The second-order valence-corrected chi connectivity index (χ2v) is 7.71. The third-order valence-corrected chi connectivity index (χ3v) is 5.47. The summed E-state index contributed by atoms with van der Waals surface area (Å²) in [5, 5.41) is 12.1. The standard InChI is InChI=1S/C23H22N4O3S/c1-17-8-5-6-12-20(17)30-15-21-25-26-23(27(21)18-9-3-2-4-10-18)31-16-22(28)24-14-19-11-7-13-29-19/h2-13H,14-16H2,1H3,(H,24,28). The molecule has 1 N–H and O–H groups in total. The Morgan fingerprint density at radius 3 is 2.65 bits per heavy atom. The Morgan fingerprint density at radius 1 is 1.06 bits per heavy atom. The van der Waals surface area contributed by atoms with Gasteiger partial charge >= 0.3 is 0 Å². The number of para-hydroxylation sites is 2. The number of benzene rings is 2. The van der Waals surface area contributed by atoms with Crippen LogP contribution in [0.25, 0.3) is 5.69 Å². The van der Waals surface area contributed by atoms with Gasteiger partial charge in [0.15, 0.2) is 11.0 Å². The molecule has 0 fully saturated rings. The van der Waals surface area contributed by atoms with Gasteiger partial charge in [0.2, 0.25) is 5.91 Å². The van der Waals surface area contributed by atoms with Gasteiger partial charge in [0.1, 0.15) is 18.1 Å².